The molecule has 84 valence electrons. The van der Waals surface area contributed by atoms with Gasteiger partial charge in [0.1, 0.15) is 5.69 Å². The number of nitrogens with zero attached hydrogens (tertiary/aromatic N) is 2. The Balaban J connectivity index is 2.34. The van der Waals surface area contributed by atoms with Gasteiger partial charge in [-0.05, 0) is 11.5 Å². The number of hydrogen-bond acceptors (Lipinski definition) is 4. The molecule has 0 fully saturated rings. The highest BCUT2D eigenvalue weighted by Crippen LogP contribution is 2.32. The Hall–Kier alpha value is -2.36. The molecule has 0 unspecified atom stereocenters. The second kappa shape index (κ2) is 3.59. The lowest BCUT2D eigenvalue weighted by Gasteiger charge is -2.01. The van der Waals surface area contributed by atoms with Crippen LogP contribution < -0.4 is 0 Å². The van der Waals surface area contributed by atoms with Crippen LogP contribution in [0.2, 0.25) is 0 Å². The predicted molar refractivity (Wildman–Crippen MR) is 63.6 cm³/mol. The van der Waals surface area contributed by atoms with Crippen molar-refractivity contribution in [3.63, 3.8) is 0 Å². The van der Waals surface area contributed by atoms with Gasteiger partial charge in [-0.1, -0.05) is 24.3 Å². The van der Waals surface area contributed by atoms with Crippen LogP contribution >= 0.6 is 0 Å². The van der Waals surface area contributed by atoms with Gasteiger partial charge < -0.3 is 9.52 Å². The third-order valence-corrected chi connectivity index (χ3v) is 2.61. The van der Waals surface area contributed by atoms with Crippen molar-refractivity contribution < 1.29 is 9.52 Å². The summed E-state index contributed by atoms with van der Waals surface area (Å²) in [6, 6.07) is 9.74. The first-order chi connectivity index (χ1) is 8.25. The van der Waals surface area contributed by atoms with Crippen LogP contribution in [0.25, 0.3) is 22.2 Å². The summed E-state index contributed by atoms with van der Waals surface area (Å²) in [5.74, 6) is 0.235. The summed E-state index contributed by atoms with van der Waals surface area (Å²) in [6.07, 6.45) is 1.70. The molecule has 3 rings (SSSR count). The number of aromatic hydroxyl groups is 1. The van der Waals surface area contributed by atoms with Gasteiger partial charge in [0, 0.05) is 18.5 Å². The van der Waals surface area contributed by atoms with Crippen LogP contribution in [0.3, 0.4) is 0 Å². The second-order valence-corrected chi connectivity index (χ2v) is 3.77. The summed E-state index contributed by atoms with van der Waals surface area (Å²) < 4.78 is 5.02. The number of hydrogen-bond donors (Lipinski definition) is 1. The van der Waals surface area contributed by atoms with Crippen LogP contribution in [0.4, 0.5) is 0 Å². The molecule has 0 saturated heterocycles. The van der Waals surface area contributed by atoms with Crippen molar-refractivity contribution in [3.8, 4) is 17.3 Å². The molecule has 0 aliphatic carbocycles. The van der Waals surface area contributed by atoms with E-state index in [1.807, 2.05) is 30.3 Å². The number of pyridine rings is 1. The van der Waals surface area contributed by atoms with Crippen molar-refractivity contribution in [1.29, 1.82) is 0 Å². The van der Waals surface area contributed by atoms with Crippen molar-refractivity contribution in [2.24, 2.45) is 0 Å². The topological polar surface area (TPSA) is 59.2 Å². The van der Waals surface area contributed by atoms with Crippen molar-refractivity contribution in [1.82, 2.24) is 9.97 Å². The minimum Gasteiger partial charge on any atom is -0.479 e. The van der Waals surface area contributed by atoms with E-state index in [1.54, 1.807) is 13.1 Å². The van der Waals surface area contributed by atoms with Gasteiger partial charge in [-0.25, -0.2) is 4.98 Å². The lowest BCUT2D eigenvalue weighted by molar-refractivity contribution is 0.324. The first-order valence-corrected chi connectivity index (χ1v) is 5.26. The molecule has 4 nitrogen and oxygen atoms in total. The number of fused-ring (bicyclic) bond motifs is 1. The Kier molecular flexibility index (Phi) is 2.08. The van der Waals surface area contributed by atoms with E-state index in [1.165, 1.54) is 0 Å². The zero-order valence-corrected chi connectivity index (χ0v) is 9.21. The fourth-order valence-electron chi connectivity index (χ4n) is 1.88. The number of oxazole rings is 1. The van der Waals surface area contributed by atoms with Gasteiger partial charge in [0.05, 0.1) is 0 Å². The maximum atomic E-state index is 9.68. The molecule has 0 aliphatic heterocycles. The molecular weight excluding hydrogens is 216 g/mol. The third kappa shape index (κ3) is 1.54. The van der Waals surface area contributed by atoms with Crippen molar-refractivity contribution in [3.05, 3.63) is 42.4 Å². The lowest BCUT2D eigenvalue weighted by Crippen LogP contribution is -1.86. The average molecular weight is 226 g/mol. The van der Waals surface area contributed by atoms with E-state index in [-0.39, 0.29) is 5.95 Å². The molecule has 0 amide bonds. The molecule has 2 heterocycles. The lowest BCUT2D eigenvalue weighted by atomic mass is 10.1. The fraction of sp³-hybridized carbons (Fsp3) is 0.0769. The van der Waals surface area contributed by atoms with Gasteiger partial charge in [0.15, 0.2) is 11.6 Å². The zero-order chi connectivity index (χ0) is 11.8. The molecule has 1 N–H and O–H groups in total. The van der Waals surface area contributed by atoms with Crippen molar-refractivity contribution >= 4 is 10.8 Å². The minimum absolute atomic E-state index is 0.189. The van der Waals surface area contributed by atoms with E-state index in [9.17, 15) is 5.11 Å². The molecule has 0 saturated carbocycles. The highest BCUT2D eigenvalue weighted by Gasteiger charge is 2.15. The highest BCUT2D eigenvalue weighted by atomic mass is 16.5. The summed E-state index contributed by atoms with van der Waals surface area (Å²) in [7, 11) is 0. The van der Waals surface area contributed by atoms with Crippen LogP contribution in [-0.2, 0) is 0 Å². The number of aromatic nitrogens is 2. The molecule has 17 heavy (non-hydrogen) atoms. The number of rotatable bonds is 1. The molecule has 0 atom stereocenters. The molecule has 1 aromatic carbocycles. The Morgan fingerprint density at radius 2 is 1.94 bits per heavy atom. The van der Waals surface area contributed by atoms with E-state index < -0.39 is 0 Å². The van der Waals surface area contributed by atoms with E-state index in [2.05, 4.69) is 9.97 Å². The average Bonchev–Trinajstić information content (AvgIpc) is 2.68. The van der Waals surface area contributed by atoms with Crippen molar-refractivity contribution in [2.75, 3.05) is 0 Å². The SMILES string of the molecule is Cc1nc(-c2nccc3ccccc23)c(O)o1. The first-order valence-electron chi connectivity index (χ1n) is 5.26. The fourth-order valence-corrected chi connectivity index (χ4v) is 1.88. The number of benzene rings is 1. The molecule has 0 aliphatic rings. The summed E-state index contributed by atoms with van der Waals surface area (Å²) in [6.45, 7) is 1.69. The quantitative estimate of drug-likeness (QED) is 0.693. The summed E-state index contributed by atoms with van der Waals surface area (Å²) >= 11 is 0. The second-order valence-electron chi connectivity index (χ2n) is 3.77. The van der Waals surface area contributed by atoms with E-state index in [4.69, 9.17) is 4.42 Å². The minimum atomic E-state index is -0.189. The maximum absolute atomic E-state index is 9.68. The zero-order valence-electron chi connectivity index (χ0n) is 9.21. The predicted octanol–water partition coefficient (Wildman–Crippen LogP) is 2.90. The largest absolute Gasteiger partial charge is 0.479 e. The summed E-state index contributed by atoms with van der Waals surface area (Å²) in [4.78, 5) is 8.42. The molecular formula is C13H10N2O2. The monoisotopic (exact) mass is 226 g/mol. The Bertz CT molecular complexity index is 683. The third-order valence-electron chi connectivity index (χ3n) is 2.61. The van der Waals surface area contributed by atoms with Gasteiger partial charge in [-0.3, -0.25) is 4.98 Å². The molecule has 2 aromatic heterocycles. The molecule has 3 aromatic rings. The van der Waals surface area contributed by atoms with Crippen LogP contribution in [0.5, 0.6) is 5.95 Å². The Morgan fingerprint density at radius 1 is 1.12 bits per heavy atom. The number of aryl methyl sites for hydroxylation is 1. The van der Waals surface area contributed by atoms with Gasteiger partial charge in [-0.15, -0.1) is 0 Å². The van der Waals surface area contributed by atoms with Crippen LogP contribution in [0, 0.1) is 6.92 Å². The summed E-state index contributed by atoms with van der Waals surface area (Å²) in [5, 5.41) is 11.7. The standard InChI is InChI=1S/C13H10N2O2/c1-8-15-12(13(16)17-8)11-10-5-3-2-4-9(10)6-7-14-11/h2-7,16H,1H3. The van der Waals surface area contributed by atoms with E-state index in [0.717, 1.165) is 10.8 Å². The van der Waals surface area contributed by atoms with Gasteiger partial charge in [0.25, 0.3) is 0 Å². The van der Waals surface area contributed by atoms with Gasteiger partial charge in [-0.2, -0.15) is 0 Å². The maximum Gasteiger partial charge on any atom is 0.312 e. The molecule has 0 radical (unpaired) electrons. The van der Waals surface area contributed by atoms with Crippen LogP contribution in [-0.4, -0.2) is 15.1 Å². The Labute approximate surface area is 97.6 Å². The normalized spacial score (nSPS) is 10.9. The van der Waals surface area contributed by atoms with E-state index >= 15 is 0 Å². The molecule has 4 heteroatoms. The molecule has 0 bridgehead atoms. The van der Waals surface area contributed by atoms with Crippen LogP contribution in [0.1, 0.15) is 5.89 Å². The first kappa shape index (κ1) is 9.84. The molecule has 0 spiro atoms. The van der Waals surface area contributed by atoms with E-state index in [0.29, 0.717) is 17.3 Å². The Morgan fingerprint density at radius 3 is 2.71 bits per heavy atom. The van der Waals surface area contributed by atoms with Gasteiger partial charge >= 0.3 is 5.95 Å². The van der Waals surface area contributed by atoms with Gasteiger partial charge in [0.2, 0.25) is 0 Å². The van der Waals surface area contributed by atoms with Crippen LogP contribution in [0.15, 0.2) is 40.9 Å². The summed E-state index contributed by atoms with van der Waals surface area (Å²) in [5.41, 5.74) is 1.02. The van der Waals surface area contributed by atoms with Crippen molar-refractivity contribution in [2.45, 2.75) is 6.92 Å². The smallest absolute Gasteiger partial charge is 0.312 e. The highest BCUT2D eigenvalue weighted by molar-refractivity contribution is 5.94.